The van der Waals surface area contributed by atoms with Crippen molar-refractivity contribution in [2.24, 2.45) is 11.7 Å². The summed E-state index contributed by atoms with van der Waals surface area (Å²) < 4.78 is 37.7. The van der Waals surface area contributed by atoms with Crippen molar-refractivity contribution in [3.63, 3.8) is 0 Å². The molecular formula is C18H23ClN2O4S. The summed E-state index contributed by atoms with van der Waals surface area (Å²) in [4.78, 5) is 0.271. The number of methoxy groups -OCH3 is 1. The van der Waals surface area contributed by atoms with Crippen LogP contribution in [-0.2, 0) is 10.0 Å². The molecule has 0 radical (unpaired) electrons. The summed E-state index contributed by atoms with van der Waals surface area (Å²) in [6.07, 6.45) is 0.814. The van der Waals surface area contributed by atoms with Gasteiger partial charge in [-0.3, -0.25) is 0 Å². The highest BCUT2D eigenvalue weighted by molar-refractivity contribution is 7.89. The Bertz CT molecular complexity index is 810. The summed E-state index contributed by atoms with van der Waals surface area (Å²) in [5.74, 6) is 2.22. The molecule has 0 saturated carbocycles. The van der Waals surface area contributed by atoms with E-state index in [1.54, 1.807) is 55.6 Å². The highest BCUT2D eigenvalue weighted by Crippen LogP contribution is 2.27. The quantitative estimate of drug-likeness (QED) is 0.809. The Balaban J connectivity index is 0.00000243. The van der Waals surface area contributed by atoms with Crippen molar-refractivity contribution in [3.8, 4) is 17.2 Å². The first-order chi connectivity index (χ1) is 12.0. The van der Waals surface area contributed by atoms with E-state index >= 15 is 0 Å². The van der Waals surface area contributed by atoms with Crippen molar-refractivity contribution >= 4 is 22.4 Å². The SMILES string of the molecule is COc1ccc(Oc2ccc(S(=O)(=O)N3CCC(CN)C3)cc2)cc1.Cl. The van der Waals surface area contributed by atoms with Gasteiger partial charge in [-0.1, -0.05) is 0 Å². The van der Waals surface area contributed by atoms with Gasteiger partial charge in [0.1, 0.15) is 17.2 Å². The first-order valence-corrected chi connectivity index (χ1v) is 9.59. The predicted molar refractivity (Wildman–Crippen MR) is 103 cm³/mol. The molecule has 1 unspecified atom stereocenters. The Labute approximate surface area is 160 Å². The van der Waals surface area contributed by atoms with E-state index in [0.717, 1.165) is 12.2 Å². The number of hydrogen-bond donors (Lipinski definition) is 1. The van der Waals surface area contributed by atoms with Crippen LogP contribution in [0.25, 0.3) is 0 Å². The number of benzene rings is 2. The van der Waals surface area contributed by atoms with E-state index in [-0.39, 0.29) is 23.2 Å². The van der Waals surface area contributed by atoms with Gasteiger partial charge in [-0.25, -0.2) is 8.42 Å². The lowest BCUT2D eigenvalue weighted by Gasteiger charge is -2.16. The van der Waals surface area contributed by atoms with Crippen molar-refractivity contribution < 1.29 is 17.9 Å². The van der Waals surface area contributed by atoms with Gasteiger partial charge in [0.05, 0.1) is 12.0 Å². The highest BCUT2D eigenvalue weighted by atomic mass is 35.5. The lowest BCUT2D eigenvalue weighted by Crippen LogP contribution is -2.29. The second kappa shape index (κ2) is 8.73. The fourth-order valence-electron chi connectivity index (χ4n) is 2.82. The smallest absolute Gasteiger partial charge is 0.243 e. The molecule has 2 aromatic carbocycles. The summed E-state index contributed by atoms with van der Waals surface area (Å²) in [6, 6.07) is 13.7. The van der Waals surface area contributed by atoms with Gasteiger partial charge in [-0.2, -0.15) is 4.31 Å². The van der Waals surface area contributed by atoms with E-state index in [4.69, 9.17) is 15.2 Å². The van der Waals surface area contributed by atoms with Gasteiger partial charge in [0.2, 0.25) is 10.0 Å². The lowest BCUT2D eigenvalue weighted by atomic mass is 10.1. The predicted octanol–water partition coefficient (Wildman–Crippen LogP) is 2.88. The Hall–Kier alpha value is -1.80. The zero-order chi connectivity index (χ0) is 17.9. The molecule has 1 aliphatic heterocycles. The highest BCUT2D eigenvalue weighted by Gasteiger charge is 2.31. The second-order valence-electron chi connectivity index (χ2n) is 6.00. The third-order valence-corrected chi connectivity index (χ3v) is 6.22. The zero-order valence-electron chi connectivity index (χ0n) is 14.5. The Morgan fingerprint density at radius 1 is 1.04 bits per heavy atom. The van der Waals surface area contributed by atoms with E-state index < -0.39 is 10.0 Å². The molecular weight excluding hydrogens is 376 g/mol. The topological polar surface area (TPSA) is 81.9 Å². The number of nitrogens with two attached hydrogens (primary N) is 1. The Morgan fingerprint density at radius 3 is 2.08 bits per heavy atom. The molecule has 2 N–H and O–H groups in total. The van der Waals surface area contributed by atoms with E-state index in [2.05, 4.69) is 0 Å². The first-order valence-electron chi connectivity index (χ1n) is 8.15. The zero-order valence-corrected chi connectivity index (χ0v) is 16.1. The van der Waals surface area contributed by atoms with Crippen molar-refractivity contribution in [2.45, 2.75) is 11.3 Å². The van der Waals surface area contributed by atoms with Crippen LogP contribution in [0.3, 0.4) is 0 Å². The Kier molecular flexibility index (Phi) is 6.88. The maximum atomic E-state index is 12.7. The number of sulfonamides is 1. The minimum atomic E-state index is -3.47. The van der Waals surface area contributed by atoms with E-state index in [1.807, 2.05) is 0 Å². The summed E-state index contributed by atoms with van der Waals surface area (Å²) >= 11 is 0. The Morgan fingerprint density at radius 2 is 1.58 bits per heavy atom. The summed E-state index contributed by atoms with van der Waals surface area (Å²) in [6.45, 7) is 1.53. The minimum absolute atomic E-state index is 0. The first kappa shape index (κ1) is 20.5. The molecule has 0 amide bonds. The van der Waals surface area contributed by atoms with E-state index in [0.29, 0.717) is 31.1 Å². The summed E-state index contributed by atoms with van der Waals surface area (Å²) in [5, 5.41) is 0. The van der Waals surface area contributed by atoms with Crippen molar-refractivity contribution in [1.29, 1.82) is 0 Å². The second-order valence-corrected chi connectivity index (χ2v) is 7.94. The maximum absolute atomic E-state index is 12.7. The average Bonchev–Trinajstić information content (AvgIpc) is 3.13. The van der Waals surface area contributed by atoms with Crippen LogP contribution in [-0.4, -0.2) is 39.5 Å². The molecule has 6 nitrogen and oxygen atoms in total. The molecule has 1 aliphatic rings. The summed E-state index contributed by atoms with van der Waals surface area (Å²) in [5.41, 5.74) is 5.64. The van der Waals surface area contributed by atoms with Crippen LogP contribution in [0.15, 0.2) is 53.4 Å². The van der Waals surface area contributed by atoms with Crippen LogP contribution >= 0.6 is 12.4 Å². The van der Waals surface area contributed by atoms with Crippen LogP contribution in [0.1, 0.15) is 6.42 Å². The minimum Gasteiger partial charge on any atom is -0.497 e. The number of nitrogens with zero attached hydrogens (tertiary/aromatic N) is 1. The third-order valence-electron chi connectivity index (χ3n) is 4.34. The van der Waals surface area contributed by atoms with Crippen LogP contribution < -0.4 is 15.2 Å². The monoisotopic (exact) mass is 398 g/mol. The standard InChI is InChI=1S/C18H22N2O4S.ClH/c1-23-15-2-4-16(5-3-15)24-17-6-8-18(9-7-17)25(21,22)20-11-10-14(12-19)13-20;/h2-9,14H,10-13,19H2,1H3;1H. The van der Waals surface area contributed by atoms with E-state index in [1.165, 1.54) is 4.31 Å². The fraction of sp³-hybridized carbons (Fsp3) is 0.333. The van der Waals surface area contributed by atoms with Crippen LogP contribution in [0, 0.1) is 5.92 Å². The van der Waals surface area contributed by atoms with Gasteiger partial charge >= 0.3 is 0 Å². The molecule has 0 spiro atoms. The van der Waals surface area contributed by atoms with Crippen LogP contribution in [0.2, 0.25) is 0 Å². The average molecular weight is 399 g/mol. The molecule has 26 heavy (non-hydrogen) atoms. The fourth-order valence-corrected chi connectivity index (χ4v) is 4.35. The van der Waals surface area contributed by atoms with Gasteiger partial charge in [-0.05, 0) is 67.4 Å². The summed E-state index contributed by atoms with van der Waals surface area (Å²) in [7, 11) is -1.87. The molecule has 142 valence electrons. The van der Waals surface area contributed by atoms with Gasteiger partial charge in [0.15, 0.2) is 0 Å². The third kappa shape index (κ3) is 4.48. The molecule has 3 rings (SSSR count). The lowest BCUT2D eigenvalue weighted by molar-refractivity contribution is 0.413. The number of hydrogen-bond acceptors (Lipinski definition) is 5. The van der Waals surface area contributed by atoms with Crippen molar-refractivity contribution in [1.82, 2.24) is 4.31 Å². The molecule has 8 heteroatoms. The molecule has 1 saturated heterocycles. The van der Waals surface area contributed by atoms with Crippen molar-refractivity contribution in [3.05, 3.63) is 48.5 Å². The molecule has 0 bridgehead atoms. The van der Waals surface area contributed by atoms with Crippen molar-refractivity contribution in [2.75, 3.05) is 26.7 Å². The molecule has 0 aliphatic carbocycles. The van der Waals surface area contributed by atoms with Gasteiger partial charge in [0, 0.05) is 13.1 Å². The molecule has 0 aromatic heterocycles. The molecule has 2 aromatic rings. The normalized spacial score (nSPS) is 17.5. The number of rotatable bonds is 6. The van der Waals surface area contributed by atoms with Crippen LogP contribution in [0.4, 0.5) is 0 Å². The van der Waals surface area contributed by atoms with Gasteiger partial charge in [-0.15, -0.1) is 12.4 Å². The molecule has 1 fully saturated rings. The van der Waals surface area contributed by atoms with Crippen LogP contribution in [0.5, 0.6) is 17.2 Å². The van der Waals surface area contributed by atoms with Gasteiger partial charge in [0.25, 0.3) is 0 Å². The molecule has 1 heterocycles. The largest absolute Gasteiger partial charge is 0.497 e. The van der Waals surface area contributed by atoms with E-state index in [9.17, 15) is 8.42 Å². The van der Waals surface area contributed by atoms with Gasteiger partial charge < -0.3 is 15.2 Å². The number of ether oxygens (including phenoxy) is 2. The maximum Gasteiger partial charge on any atom is 0.243 e. The molecule has 1 atom stereocenters. The number of halogens is 1.